The van der Waals surface area contributed by atoms with Crippen LogP contribution in [0.3, 0.4) is 0 Å². The maximum atomic E-state index is 11.6. The average Bonchev–Trinajstić information content (AvgIpc) is 2.49. The van der Waals surface area contributed by atoms with Crippen LogP contribution in [0.2, 0.25) is 0 Å². The van der Waals surface area contributed by atoms with Gasteiger partial charge in [-0.3, -0.25) is 0 Å². The van der Waals surface area contributed by atoms with Crippen molar-refractivity contribution < 1.29 is 14.6 Å². The third-order valence-corrected chi connectivity index (χ3v) is 2.69. The van der Waals surface area contributed by atoms with Gasteiger partial charge in [0, 0.05) is 24.9 Å². The van der Waals surface area contributed by atoms with Crippen LogP contribution >= 0.6 is 0 Å². The zero-order chi connectivity index (χ0) is 14.9. The highest BCUT2D eigenvalue weighted by Crippen LogP contribution is 2.23. The second-order valence-electron chi connectivity index (χ2n) is 4.40. The van der Waals surface area contributed by atoms with Crippen LogP contribution in [0.1, 0.15) is 6.42 Å². The van der Waals surface area contributed by atoms with Crippen molar-refractivity contribution in [2.75, 3.05) is 18.5 Å². The van der Waals surface area contributed by atoms with Crippen molar-refractivity contribution in [3.8, 4) is 11.5 Å². The second-order valence-corrected chi connectivity index (χ2v) is 4.40. The zero-order valence-electron chi connectivity index (χ0n) is 11.6. The van der Waals surface area contributed by atoms with Crippen molar-refractivity contribution in [3.05, 3.63) is 54.6 Å². The Morgan fingerprint density at radius 2 is 1.81 bits per heavy atom. The van der Waals surface area contributed by atoms with Gasteiger partial charge in [0.25, 0.3) is 0 Å². The Bertz CT molecular complexity index is 573. The number of urea groups is 1. The van der Waals surface area contributed by atoms with Gasteiger partial charge >= 0.3 is 6.03 Å². The van der Waals surface area contributed by atoms with Gasteiger partial charge in [-0.1, -0.05) is 24.3 Å². The number of amides is 2. The number of carbonyl (C=O) groups excluding carboxylic acids is 1. The molecule has 0 aliphatic carbocycles. The minimum absolute atomic E-state index is 0.0562. The zero-order valence-corrected chi connectivity index (χ0v) is 11.6. The number of para-hydroxylation sites is 1. The number of rotatable bonds is 6. The molecular formula is C16H18N2O3. The second kappa shape index (κ2) is 7.91. The molecule has 0 radical (unpaired) electrons. The van der Waals surface area contributed by atoms with Gasteiger partial charge in [-0.2, -0.15) is 0 Å². The molecule has 0 aromatic heterocycles. The number of nitrogens with one attached hydrogen (secondary N) is 2. The van der Waals surface area contributed by atoms with Crippen LogP contribution in [0.5, 0.6) is 11.5 Å². The normalized spacial score (nSPS) is 9.95. The average molecular weight is 286 g/mol. The number of aliphatic hydroxyl groups is 1. The van der Waals surface area contributed by atoms with E-state index in [1.54, 1.807) is 12.1 Å². The number of aliphatic hydroxyl groups excluding tert-OH is 1. The Morgan fingerprint density at radius 1 is 1.05 bits per heavy atom. The molecular weight excluding hydrogens is 268 g/mol. The number of benzene rings is 2. The van der Waals surface area contributed by atoms with Gasteiger partial charge in [0.05, 0.1) is 0 Å². The molecule has 0 atom stereocenters. The van der Waals surface area contributed by atoms with E-state index < -0.39 is 0 Å². The van der Waals surface area contributed by atoms with Crippen molar-refractivity contribution >= 4 is 11.7 Å². The molecule has 2 amide bonds. The molecule has 0 spiro atoms. The highest BCUT2D eigenvalue weighted by Gasteiger charge is 2.03. The summed E-state index contributed by atoms with van der Waals surface area (Å²) in [6, 6.07) is 16.3. The van der Waals surface area contributed by atoms with Gasteiger partial charge in [-0.15, -0.1) is 0 Å². The van der Waals surface area contributed by atoms with Gasteiger partial charge in [0.1, 0.15) is 11.5 Å². The molecule has 2 aromatic carbocycles. The SMILES string of the molecule is O=C(NCCCO)Nc1cccc(Oc2ccccc2)c1. The quantitative estimate of drug-likeness (QED) is 0.715. The van der Waals surface area contributed by atoms with E-state index in [9.17, 15) is 4.79 Å². The first-order valence-corrected chi connectivity index (χ1v) is 6.76. The van der Waals surface area contributed by atoms with Gasteiger partial charge in [-0.05, 0) is 30.7 Å². The highest BCUT2D eigenvalue weighted by atomic mass is 16.5. The van der Waals surface area contributed by atoms with E-state index in [-0.39, 0.29) is 12.6 Å². The molecule has 0 saturated carbocycles. The van der Waals surface area contributed by atoms with Crippen LogP contribution in [0.25, 0.3) is 0 Å². The van der Waals surface area contributed by atoms with Gasteiger partial charge < -0.3 is 20.5 Å². The molecule has 0 aliphatic rings. The number of hydrogen-bond donors (Lipinski definition) is 3. The molecule has 0 bridgehead atoms. The molecule has 0 aliphatic heterocycles. The smallest absolute Gasteiger partial charge is 0.319 e. The van der Waals surface area contributed by atoms with Gasteiger partial charge in [0.15, 0.2) is 0 Å². The fourth-order valence-corrected chi connectivity index (χ4v) is 1.72. The summed E-state index contributed by atoms with van der Waals surface area (Å²) in [7, 11) is 0. The van der Waals surface area contributed by atoms with Crippen LogP contribution in [-0.4, -0.2) is 24.3 Å². The van der Waals surface area contributed by atoms with Crippen molar-refractivity contribution in [1.82, 2.24) is 5.32 Å². The van der Waals surface area contributed by atoms with E-state index in [0.717, 1.165) is 5.75 Å². The van der Waals surface area contributed by atoms with Crippen molar-refractivity contribution in [2.24, 2.45) is 0 Å². The predicted molar refractivity (Wildman–Crippen MR) is 81.7 cm³/mol. The highest BCUT2D eigenvalue weighted by molar-refractivity contribution is 5.89. The first kappa shape index (κ1) is 14.9. The summed E-state index contributed by atoms with van der Waals surface area (Å²) in [4.78, 5) is 11.6. The molecule has 2 rings (SSSR count). The Hall–Kier alpha value is -2.53. The van der Waals surface area contributed by atoms with Crippen LogP contribution in [0.4, 0.5) is 10.5 Å². The minimum Gasteiger partial charge on any atom is -0.457 e. The standard InChI is InChI=1S/C16H18N2O3/c19-11-5-10-17-16(20)18-13-6-4-9-15(12-13)21-14-7-2-1-3-8-14/h1-4,6-9,12,19H,5,10-11H2,(H2,17,18,20). The third kappa shape index (κ3) is 5.16. The van der Waals surface area contributed by atoms with Crippen molar-refractivity contribution in [1.29, 1.82) is 0 Å². The lowest BCUT2D eigenvalue weighted by Crippen LogP contribution is -2.29. The maximum Gasteiger partial charge on any atom is 0.319 e. The Morgan fingerprint density at radius 3 is 2.57 bits per heavy atom. The van der Waals surface area contributed by atoms with E-state index in [4.69, 9.17) is 9.84 Å². The molecule has 0 heterocycles. The number of anilines is 1. The van der Waals surface area contributed by atoms with E-state index >= 15 is 0 Å². The summed E-state index contributed by atoms with van der Waals surface area (Å²) in [5.41, 5.74) is 0.643. The monoisotopic (exact) mass is 286 g/mol. The molecule has 5 heteroatoms. The molecule has 2 aromatic rings. The first-order chi connectivity index (χ1) is 10.3. The van der Waals surface area contributed by atoms with Gasteiger partial charge in [-0.25, -0.2) is 4.79 Å². The summed E-state index contributed by atoms with van der Waals surface area (Å²) in [5.74, 6) is 1.39. The largest absolute Gasteiger partial charge is 0.457 e. The Labute approximate surface area is 123 Å². The summed E-state index contributed by atoms with van der Waals surface area (Å²) >= 11 is 0. The fraction of sp³-hybridized carbons (Fsp3) is 0.188. The van der Waals surface area contributed by atoms with Crippen molar-refractivity contribution in [2.45, 2.75) is 6.42 Å². The van der Waals surface area contributed by atoms with Crippen LogP contribution in [-0.2, 0) is 0 Å². The summed E-state index contributed by atoms with van der Waals surface area (Å²) in [5, 5.41) is 14.0. The number of hydrogen-bond acceptors (Lipinski definition) is 3. The van der Waals surface area contributed by atoms with Crippen LogP contribution in [0.15, 0.2) is 54.6 Å². The van der Waals surface area contributed by atoms with Gasteiger partial charge in [0.2, 0.25) is 0 Å². The molecule has 0 saturated heterocycles. The van der Waals surface area contributed by atoms with E-state index in [1.165, 1.54) is 0 Å². The molecule has 3 N–H and O–H groups in total. The maximum absolute atomic E-state index is 11.6. The molecule has 0 unspecified atom stereocenters. The van der Waals surface area contributed by atoms with Crippen LogP contribution < -0.4 is 15.4 Å². The molecule has 110 valence electrons. The molecule has 5 nitrogen and oxygen atoms in total. The lowest BCUT2D eigenvalue weighted by molar-refractivity contribution is 0.249. The summed E-state index contributed by atoms with van der Waals surface area (Å²) < 4.78 is 5.69. The predicted octanol–water partition coefficient (Wildman–Crippen LogP) is 2.98. The fourth-order valence-electron chi connectivity index (χ4n) is 1.72. The Kier molecular flexibility index (Phi) is 5.60. The lowest BCUT2D eigenvalue weighted by Gasteiger charge is -2.09. The van der Waals surface area contributed by atoms with E-state index in [1.807, 2.05) is 42.5 Å². The van der Waals surface area contributed by atoms with E-state index in [2.05, 4.69) is 10.6 Å². The topological polar surface area (TPSA) is 70.6 Å². The summed E-state index contributed by atoms with van der Waals surface area (Å²) in [6.07, 6.45) is 0.532. The molecule has 21 heavy (non-hydrogen) atoms. The van der Waals surface area contributed by atoms with Crippen LogP contribution in [0, 0.1) is 0 Å². The van der Waals surface area contributed by atoms with E-state index in [0.29, 0.717) is 24.4 Å². The van der Waals surface area contributed by atoms with Crippen molar-refractivity contribution in [3.63, 3.8) is 0 Å². The summed E-state index contributed by atoms with van der Waals surface area (Å²) in [6.45, 7) is 0.489. The lowest BCUT2D eigenvalue weighted by atomic mass is 10.3. The first-order valence-electron chi connectivity index (χ1n) is 6.76. The Balaban J connectivity index is 1.93. The number of carbonyl (C=O) groups is 1. The molecule has 0 fully saturated rings. The third-order valence-electron chi connectivity index (χ3n) is 2.69. The number of ether oxygens (including phenoxy) is 1. The minimum atomic E-state index is -0.305.